The number of hydrogen-bond acceptors (Lipinski definition) is 3. The fourth-order valence-electron chi connectivity index (χ4n) is 3.20. The zero-order valence-corrected chi connectivity index (χ0v) is 12.9. The number of carbonyl (C=O) groups is 1. The minimum Gasteiger partial charge on any atom is -0.371 e. The minimum atomic E-state index is -0.346. The van der Waals surface area contributed by atoms with Gasteiger partial charge in [0.2, 0.25) is 5.91 Å². The molecule has 1 saturated heterocycles. The number of hydrogen-bond donors (Lipinski definition) is 1. The van der Waals surface area contributed by atoms with Crippen molar-refractivity contribution in [1.82, 2.24) is 4.90 Å². The Bertz CT molecular complexity index is 304. The van der Waals surface area contributed by atoms with Gasteiger partial charge in [0.25, 0.3) is 0 Å². The van der Waals surface area contributed by atoms with E-state index < -0.39 is 0 Å². The first-order valence-electron chi connectivity index (χ1n) is 7.21. The van der Waals surface area contributed by atoms with Crippen LogP contribution in [0.25, 0.3) is 0 Å². The number of ether oxygens (including phenoxy) is 1. The van der Waals surface area contributed by atoms with E-state index in [0.29, 0.717) is 19.1 Å². The van der Waals surface area contributed by atoms with E-state index >= 15 is 0 Å². The topological polar surface area (TPSA) is 55.6 Å². The number of amides is 1. The molecule has 2 fully saturated rings. The molecule has 1 aliphatic heterocycles. The van der Waals surface area contributed by atoms with E-state index in [4.69, 9.17) is 10.5 Å². The number of halogens is 1. The lowest BCUT2D eigenvalue weighted by atomic mass is 9.98. The Hall–Kier alpha value is -0.320. The predicted molar refractivity (Wildman–Crippen MR) is 78.4 cm³/mol. The largest absolute Gasteiger partial charge is 0.371 e. The monoisotopic (exact) mass is 290 g/mol. The molecule has 2 N–H and O–H groups in total. The van der Waals surface area contributed by atoms with Crippen LogP contribution in [0.3, 0.4) is 0 Å². The summed E-state index contributed by atoms with van der Waals surface area (Å²) in [7, 11) is 0. The summed E-state index contributed by atoms with van der Waals surface area (Å²) in [6, 6.07) is -0.346. The summed E-state index contributed by atoms with van der Waals surface area (Å²) in [6.07, 6.45) is 5.40. The molecule has 1 amide bonds. The average Bonchev–Trinajstić information content (AvgIpc) is 2.75. The van der Waals surface area contributed by atoms with Crippen LogP contribution in [0, 0.1) is 5.92 Å². The predicted octanol–water partition coefficient (Wildman–Crippen LogP) is 1.95. The summed E-state index contributed by atoms with van der Waals surface area (Å²) in [5.41, 5.74) is 5.95. The molecular formula is C14H27ClN2O2. The highest BCUT2D eigenvalue weighted by Gasteiger charge is 2.41. The Kier molecular flexibility index (Phi) is 6.09. The van der Waals surface area contributed by atoms with Crippen LogP contribution in [0.5, 0.6) is 0 Å². The number of nitrogens with zero attached hydrogens (tertiary/aromatic N) is 1. The first-order valence-corrected chi connectivity index (χ1v) is 7.21. The van der Waals surface area contributed by atoms with Gasteiger partial charge in [0.05, 0.1) is 18.2 Å². The van der Waals surface area contributed by atoms with Crippen molar-refractivity contribution in [2.24, 2.45) is 11.7 Å². The van der Waals surface area contributed by atoms with Crippen LogP contribution in [-0.4, -0.2) is 42.1 Å². The average molecular weight is 291 g/mol. The molecule has 1 atom stereocenters. The third-order valence-electron chi connectivity index (χ3n) is 4.12. The minimum absolute atomic E-state index is 0. The van der Waals surface area contributed by atoms with Crippen molar-refractivity contribution in [3.63, 3.8) is 0 Å². The number of morpholine rings is 1. The van der Waals surface area contributed by atoms with Crippen LogP contribution in [-0.2, 0) is 9.53 Å². The van der Waals surface area contributed by atoms with Crippen molar-refractivity contribution < 1.29 is 9.53 Å². The number of rotatable bonds is 3. The van der Waals surface area contributed by atoms with E-state index in [9.17, 15) is 4.79 Å². The van der Waals surface area contributed by atoms with Gasteiger partial charge < -0.3 is 15.4 Å². The second-order valence-corrected chi connectivity index (χ2v) is 6.23. The van der Waals surface area contributed by atoms with Crippen LogP contribution >= 0.6 is 12.4 Å². The van der Waals surface area contributed by atoms with Crippen molar-refractivity contribution in [3.8, 4) is 0 Å². The molecule has 0 unspecified atom stereocenters. The summed E-state index contributed by atoms with van der Waals surface area (Å²) >= 11 is 0. The summed E-state index contributed by atoms with van der Waals surface area (Å²) < 4.78 is 5.93. The summed E-state index contributed by atoms with van der Waals surface area (Å²) in [5, 5.41) is 0. The van der Waals surface area contributed by atoms with Gasteiger partial charge in [0, 0.05) is 13.1 Å². The fourth-order valence-corrected chi connectivity index (χ4v) is 3.20. The smallest absolute Gasteiger partial charge is 0.239 e. The first-order chi connectivity index (χ1) is 8.52. The van der Waals surface area contributed by atoms with E-state index in [2.05, 4.69) is 13.8 Å². The van der Waals surface area contributed by atoms with E-state index in [1.807, 2.05) is 4.90 Å². The molecule has 0 aromatic carbocycles. The molecule has 0 radical (unpaired) electrons. The van der Waals surface area contributed by atoms with Crippen molar-refractivity contribution in [2.45, 2.75) is 57.6 Å². The van der Waals surface area contributed by atoms with Gasteiger partial charge in [-0.3, -0.25) is 4.79 Å². The molecule has 1 heterocycles. The van der Waals surface area contributed by atoms with Crippen LogP contribution < -0.4 is 5.73 Å². The standard InChI is InChI=1S/C14H26N2O2.ClH/c1-11(2)9-12(15)13(17)16-7-8-18-14(10-16)5-3-4-6-14;/h11-12H,3-10,15H2,1-2H3;1H/t12-;/m0./s1. The second kappa shape index (κ2) is 6.91. The van der Waals surface area contributed by atoms with Crippen LogP contribution in [0.4, 0.5) is 0 Å². The molecule has 112 valence electrons. The molecule has 1 aliphatic carbocycles. The number of nitrogens with two attached hydrogens (primary N) is 1. The fraction of sp³-hybridized carbons (Fsp3) is 0.929. The molecule has 2 rings (SSSR count). The molecule has 2 aliphatic rings. The Morgan fingerprint density at radius 1 is 1.37 bits per heavy atom. The highest BCUT2D eigenvalue weighted by atomic mass is 35.5. The molecular weight excluding hydrogens is 264 g/mol. The van der Waals surface area contributed by atoms with E-state index in [1.54, 1.807) is 0 Å². The van der Waals surface area contributed by atoms with E-state index in [1.165, 1.54) is 12.8 Å². The van der Waals surface area contributed by atoms with Gasteiger partial charge in [0.15, 0.2) is 0 Å². The van der Waals surface area contributed by atoms with Gasteiger partial charge in [0.1, 0.15) is 0 Å². The molecule has 1 saturated carbocycles. The zero-order valence-electron chi connectivity index (χ0n) is 12.1. The second-order valence-electron chi connectivity index (χ2n) is 6.23. The normalized spacial score (nSPS) is 23.5. The summed E-state index contributed by atoms with van der Waals surface area (Å²) in [4.78, 5) is 14.3. The Labute approximate surface area is 122 Å². The van der Waals surface area contributed by atoms with Crippen molar-refractivity contribution in [1.29, 1.82) is 0 Å². The van der Waals surface area contributed by atoms with Crippen LogP contribution in [0.2, 0.25) is 0 Å². The Morgan fingerprint density at radius 3 is 2.58 bits per heavy atom. The molecule has 0 aromatic rings. The molecule has 19 heavy (non-hydrogen) atoms. The Morgan fingerprint density at radius 2 is 2.00 bits per heavy atom. The summed E-state index contributed by atoms with van der Waals surface area (Å²) in [6.45, 7) is 6.32. The molecule has 4 nitrogen and oxygen atoms in total. The molecule has 0 aromatic heterocycles. The van der Waals surface area contributed by atoms with Gasteiger partial charge >= 0.3 is 0 Å². The number of carbonyl (C=O) groups excluding carboxylic acids is 1. The van der Waals surface area contributed by atoms with E-state index in [0.717, 1.165) is 25.8 Å². The van der Waals surface area contributed by atoms with Crippen molar-refractivity contribution >= 4 is 18.3 Å². The molecule has 5 heteroatoms. The van der Waals surface area contributed by atoms with Gasteiger partial charge in [-0.25, -0.2) is 0 Å². The van der Waals surface area contributed by atoms with Gasteiger partial charge in [-0.15, -0.1) is 12.4 Å². The lowest BCUT2D eigenvalue weighted by molar-refractivity contribution is -0.151. The molecule has 1 spiro atoms. The highest BCUT2D eigenvalue weighted by molar-refractivity contribution is 5.85. The van der Waals surface area contributed by atoms with Gasteiger partial charge in [-0.2, -0.15) is 0 Å². The van der Waals surface area contributed by atoms with E-state index in [-0.39, 0.29) is 30.0 Å². The first kappa shape index (κ1) is 16.7. The quantitative estimate of drug-likeness (QED) is 0.864. The lowest BCUT2D eigenvalue weighted by Crippen LogP contribution is -2.56. The van der Waals surface area contributed by atoms with Crippen LogP contribution in [0.1, 0.15) is 46.0 Å². The summed E-state index contributed by atoms with van der Waals surface area (Å²) in [5.74, 6) is 0.573. The van der Waals surface area contributed by atoms with Crippen molar-refractivity contribution in [3.05, 3.63) is 0 Å². The van der Waals surface area contributed by atoms with Crippen molar-refractivity contribution in [2.75, 3.05) is 19.7 Å². The Balaban J connectivity index is 0.00000180. The third-order valence-corrected chi connectivity index (χ3v) is 4.12. The lowest BCUT2D eigenvalue weighted by Gasteiger charge is -2.41. The molecule has 0 bridgehead atoms. The SMILES string of the molecule is CC(C)C[C@H](N)C(=O)N1CCOC2(CCCC2)C1.Cl. The maximum Gasteiger partial charge on any atom is 0.239 e. The van der Waals surface area contributed by atoms with Gasteiger partial charge in [-0.1, -0.05) is 26.7 Å². The third kappa shape index (κ3) is 4.07. The maximum absolute atomic E-state index is 12.3. The maximum atomic E-state index is 12.3. The van der Waals surface area contributed by atoms with Crippen LogP contribution in [0.15, 0.2) is 0 Å². The van der Waals surface area contributed by atoms with Gasteiger partial charge in [-0.05, 0) is 25.2 Å². The highest BCUT2D eigenvalue weighted by Crippen LogP contribution is 2.35. The zero-order chi connectivity index (χ0) is 13.2.